The number of likely N-dealkylation sites (N-methyl/N-ethyl adjacent to an activating group) is 1. The summed E-state index contributed by atoms with van der Waals surface area (Å²) in [4.78, 5) is 8.86. The molecule has 5 nitrogen and oxygen atoms in total. The summed E-state index contributed by atoms with van der Waals surface area (Å²) >= 11 is 0. The Morgan fingerprint density at radius 2 is 2.33 bits per heavy atom. The highest BCUT2D eigenvalue weighted by atomic mass is 15.3. The van der Waals surface area contributed by atoms with Crippen LogP contribution in [0.15, 0.2) is 18.3 Å². The lowest BCUT2D eigenvalue weighted by Gasteiger charge is -2.40. The minimum absolute atomic E-state index is 0.0259. The molecule has 1 atom stereocenters. The fraction of sp³-hybridized carbons (Fsp3) is 0.538. The number of aromatic nitrogens is 1. The summed E-state index contributed by atoms with van der Waals surface area (Å²) in [5.74, 6) is 0.0259. The van der Waals surface area contributed by atoms with Crippen molar-refractivity contribution in [2.45, 2.75) is 19.4 Å². The summed E-state index contributed by atoms with van der Waals surface area (Å²) in [6.07, 6.45) is 2.88. The van der Waals surface area contributed by atoms with E-state index in [4.69, 9.17) is 11.1 Å². The number of nitrogen functional groups attached to an aromatic ring is 1. The molecule has 1 saturated heterocycles. The summed E-state index contributed by atoms with van der Waals surface area (Å²) in [5, 5.41) is 7.44. The molecule has 0 aromatic carbocycles. The molecule has 0 bridgehead atoms. The molecule has 1 unspecified atom stereocenters. The Bertz CT molecular complexity index is 431. The molecule has 3 N–H and O–H groups in total. The van der Waals surface area contributed by atoms with Crippen molar-refractivity contribution >= 4 is 11.5 Å². The van der Waals surface area contributed by atoms with Gasteiger partial charge in [-0.2, -0.15) is 0 Å². The maximum absolute atomic E-state index is 7.44. The van der Waals surface area contributed by atoms with Gasteiger partial charge in [0, 0.05) is 37.6 Å². The summed E-state index contributed by atoms with van der Waals surface area (Å²) in [6.45, 7) is 5.32. The number of anilines is 1. The van der Waals surface area contributed by atoms with E-state index >= 15 is 0 Å². The van der Waals surface area contributed by atoms with Crippen LogP contribution in [-0.4, -0.2) is 48.4 Å². The largest absolute Gasteiger partial charge is 0.382 e. The molecule has 2 rings (SSSR count). The van der Waals surface area contributed by atoms with Crippen molar-refractivity contribution in [2.24, 2.45) is 5.73 Å². The van der Waals surface area contributed by atoms with Crippen molar-refractivity contribution in [3.63, 3.8) is 0 Å². The monoisotopic (exact) mass is 247 g/mol. The topological polar surface area (TPSA) is 69.2 Å². The van der Waals surface area contributed by atoms with Crippen LogP contribution in [-0.2, 0) is 0 Å². The Hall–Kier alpha value is -1.62. The summed E-state index contributed by atoms with van der Waals surface area (Å²) in [7, 11) is 2.18. The number of nitrogens with one attached hydrogen (secondary N) is 1. The zero-order valence-electron chi connectivity index (χ0n) is 11.1. The van der Waals surface area contributed by atoms with Crippen molar-refractivity contribution in [1.29, 1.82) is 5.41 Å². The molecular formula is C13H21N5. The minimum Gasteiger partial charge on any atom is -0.382 e. The molecule has 0 spiro atoms. The molecule has 0 radical (unpaired) electrons. The maximum Gasteiger partial charge on any atom is 0.141 e. The zero-order chi connectivity index (χ0) is 13.1. The van der Waals surface area contributed by atoms with Gasteiger partial charge >= 0.3 is 0 Å². The van der Waals surface area contributed by atoms with Crippen molar-refractivity contribution in [3.05, 3.63) is 24.0 Å². The van der Waals surface area contributed by atoms with Gasteiger partial charge in [0.1, 0.15) is 11.5 Å². The van der Waals surface area contributed by atoms with Crippen LogP contribution in [0.3, 0.4) is 0 Å². The molecule has 1 aromatic heterocycles. The highest BCUT2D eigenvalue weighted by Crippen LogP contribution is 2.19. The van der Waals surface area contributed by atoms with E-state index in [9.17, 15) is 0 Å². The Kier molecular flexibility index (Phi) is 3.81. The zero-order valence-corrected chi connectivity index (χ0v) is 11.1. The molecule has 1 fully saturated rings. The van der Waals surface area contributed by atoms with Gasteiger partial charge in [-0.05, 0) is 25.6 Å². The molecule has 1 aromatic rings. The van der Waals surface area contributed by atoms with Crippen molar-refractivity contribution < 1.29 is 0 Å². The van der Waals surface area contributed by atoms with Gasteiger partial charge < -0.3 is 10.6 Å². The number of piperazine rings is 1. The van der Waals surface area contributed by atoms with Crippen LogP contribution in [0.1, 0.15) is 19.0 Å². The van der Waals surface area contributed by atoms with Gasteiger partial charge in [0.25, 0.3) is 0 Å². The third kappa shape index (κ3) is 2.61. The molecule has 0 aliphatic carbocycles. The van der Waals surface area contributed by atoms with Crippen LogP contribution in [0.25, 0.3) is 0 Å². The lowest BCUT2D eigenvalue weighted by molar-refractivity contribution is 0.213. The molecule has 18 heavy (non-hydrogen) atoms. The molecule has 2 heterocycles. The van der Waals surface area contributed by atoms with E-state index < -0.39 is 0 Å². The van der Waals surface area contributed by atoms with Crippen molar-refractivity contribution in [1.82, 2.24) is 9.88 Å². The third-order valence-corrected chi connectivity index (χ3v) is 3.63. The average molecular weight is 247 g/mol. The second-order valence-electron chi connectivity index (χ2n) is 4.80. The van der Waals surface area contributed by atoms with Gasteiger partial charge in [-0.1, -0.05) is 6.92 Å². The lowest BCUT2D eigenvalue weighted by atomic mass is 10.1. The molecule has 1 aliphatic rings. The molecule has 0 saturated carbocycles. The van der Waals surface area contributed by atoms with Crippen LogP contribution in [0, 0.1) is 5.41 Å². The summed E-state index contributed by atoms with van der Waals surface area (Å²) < 4.78 is 0. The van der Waals surface area contributed by atoms with Crippen molar-refractivity contribution in [2.75, 3.05) is 31.6 Å². The molecule has 0 amide bonds. The standard InChI is InChI=1S/C13H21N5/c1-3-10-9-18(7-6-17(10)2)11-4-5-16-12(8-11)13(14)15/h4-5,8,10H,3,6-7,9H2,1-2H3,(H3,14,15). The molecule has 98 valence electrons. The first-order chi connectivity index (χ1) is 8.61. The van der Waals surface area contributed by atoms with E-state index in [1.54, 1.807) is 6.20 Å². The second-order valence-corrected chi connectivity index (χ2v) is 4.80. The fourth-order valence-electron chi connectivity index (χ4n) is 2.38. The third-order valence-electron chi connectivity index (χ3n) is 3.63. The van der Waals surface area contributed by atoms with Gasteiger partial charge in [-0.25, -0.2) is 0 Å². The van der Waals surface area contributed by atoms with Gasteiger partial charge in [0.2, 0.25) is 0 Å². The Labute approximate surface area is 108 Å². The van der Waals surface area contributed by atoms with Gasteiger partial charge in [-0.3, -0.25) is 15.3 Å². The van der Waals surface area contributed by atoms with E-state index in [0.29, 0.717) is 11.7 Å². The van der Waals surface area contributed by atoms with Crippen LogP contribution < -0.4 is 10.6 Å². The van der Waals surface area contributed by atoms with E-state index in [0.717, 1.165) is 31.7 Å². The molecule has 1 aliphatic heterocycles. The smallest absolute Gasteiger partial charge is 0.141 e. The number of nitrogens with two attached hydrogens (primary N) is 1. The first-order valence-corrected chi connectivity index (χ1v) is 6.37. The van der Waals surface area contributed by atoms with E-state index in [1.807, 2.05) is 12.1 Å². The van der Waals surface area contributed by atoms with Crippen LogP contribution in [0.2, 0.25) is 0 Å². The number of hydrogen-bond acceptors (Lipinski definition) is 4. The van der Waals surface area contributed by atoms with Crippen LogP contribution >= 0.6 is 0 Å². The van der Waals surface area contributed by atoms with Crippen LogP contribution in [0.5, 0.6) is 0 Å². The minimum atomic E-state index is 0.0259. The SMILES string of the molecule is CCC1CN(c2ccnc(C(=N)N)c2)CCN1C. The number of amidine groups is 1. The highest BCUT2D eigenvalue weighted by Gasteiger charge is 2.23. The number of hydrogen-bond donors (Lipinski definition) is 2. The quantitative estimate of drug-likeness (QED) is 0.615. The van der Waals surface area contributed by atoms with Crippen LogP contribution in [0.4, 0.5) is 5.69 Å². The fourth-order valence-corrected chi connectivity index (χ4v) is 2.38. The van der Waals surface area contributed by atoms with E-state index in [2.05, 4.69) is 28.8 Å². The predicted molar refractivity (Wildman–Crippen MR) is 74.2 cm³/mol. The highest BCUT2D eigenvalue weighted by molar-refractivity contribution is 5.93. The van der Waals surface area contributed by atoms with Gasteiger partial charge in [-0.15, -0.1) is 0 Å². The van der Waals surface area contributed by atoms with Gasteiger partial charge in [0.05, 0.1) is 0 Å². The first kappa shape index (κ1) is 12.8. The predicted octanol–water partition coefficient (Wildman–Crippen LogP) is 0.896. The second kappa shape index (κ2) is 5.35. The Balaban J connectivity index is 2.16. The lowest BCUT2D eigenvalue weighted by Crippen LogP contribution is -2.51. The first-order valence-electron chi connectivity index (χ1n) is 6.37. The number of nitrogens with zero attached hydrogens (tertiary/aromatic N) is 3. The van der Waals surface area contributed by atoms with E-state index in [-0.39, 0.29) is 5.84 Å². The summed E-state index contributed by atoms with van der Waals surface area (Å²) in [5.41, 5.74) is 7.15. The van der Waals surface area contributed by atoms with Crippen molar-refractivity contribution in [3.8, 4) is 0 Å². The Morgan fingerprint density at radius 3 is 3.00 bits per heavy atom. The molecule has 5 heteroatoms. The Morgan fingerprint density at radius 1 is 1.56 bits per heavy atom. The number of pyridine rings is 1. The molecular weight excluding hydrogens is 226 g/mol. The van der Waals surface area contributed by atoms with E-state index in [1.165, 1.54) is 0 Å². The summed E-state index contributed by atoms with van der Waals surface area (Å²) in [6, 6.07) is 4.48. The average Bonchev–Trinajstić information content (AvgIpc) is 2.39. The number of rotatable bonds is 3. The van der Waals surface area contributed by atoms with Gasteiger partial charge in [0.15, 0.2) is 0 Å². The maximum atomic E-state index is 7.44. The normalized spacial score (nSPS) is 21.0.